The lowest BCUT2D eigenvalue weighted by Crippen LogP contribution is -2.25. The third kappa shape index (κ3) is 5.06. The molecule has 0 spiro atoms. The molecule has 0 N–H and O–H groups in total. The maximum absolute atomic E-state index is 13.5. The minimum atomic E-state index is -0.655. The van der Waals surface area contributed by atoms with E-state index in [1.807, 2.05) is 0 Å². The molecule has 124 valence electrons. The smallest absolute Gasteiger partial charge is 0.314 e. The molecule has 1 aliphatic rings. The number of ether oxygens (including phenoxy) is 1. The highest BCUT2D eigenvalue weighted by Gasteiger charge is 2.27. The van der Waals surface area contributed by atoms with Crippen molar-refractivity contribution in [2.75, 3.05) is 0 Å². The summed E-state index contributed by atoms with van der Waals surface area (Å²) < 4.78 is 18.8. The van der Waals surface area contributed by atoms with Crippen LogP contribution in [0.1, 0.15) is 63.9 Å². The number of nitrogens with zero attached hydrogens (tertiary/aromatic N) is 1. The molecule has 1 aliphatic carbocycles. The van der Waals surface area contributed by atoms with Crippen molar-refractivity contribution < 1.29 is 13.9 Å². The number of hydrogen-bond donors (Lipinski definition) is 0. The summed E-state index contributed by atoms with van der Waals surface area (Å²) in [5.74, 6) is -0.107. The molecule has 0 bridgehead atoms. The van der Waals surface area contributed by atoms with Gasteiger partial charge in [0.05, 0.1) is 11.5 Å². The number of rotatable bonds is 6. The third-order valence-electron chi connectivity index (χ3n) is 4.68. The zero-order chi connectivity index (χ0) is 16.7. The van der Waals surface area contributed by atoms with E-state index >= 15 is 0 Å². The molecular formula is C19H24FNO2. The van der Waals surface area contributed by atoms with Crippen LogP contribution in [-0.2, 0) is 4.79 Å². The summed E-state index contributed by atoms with van der Waals surface area (Å²) >= 11 is 0. The van der Waals surface area contributed by atoms with E-state index < -0.39 is 5.82 Å². The first-order valence-electron chi connectivity index (χ1n) is 8.55. The van der Waals surface area contributed by atoms with Gasteiger partial charge in [0.2, 0.25) is 0 Å². The van der Waals surface area contributed by atoms with Crippen LogP contribution in [0.2, 0.25) is 0 Å². The second-order valence-electron chi connectivity index (χ2n) is 6.39. The van der Waals surface area contributed by atoms with Crippen molar-refractivity contribution in [3.8, 4) is 11.8 Å². The first-order chi connectivity index (χ1) is 11.1. The normalized spacial score (nSPS) is 20.7. The molecule has 0 radical (unpaired) electrons. The number of esters is 1. The van der Waals surface area contributed by atoms with E-state index in [1.165, 1.54) is 37.8 Å². The number of benzene rings is 1. The average molecular weight is 317 g/mol. The SMILES string of the molecule is CCCCCC1CCC(C(=O)Oc2ccc(C#N)c(F)c2)CC1. The van der Waals surface area contributed by atoms with Gasteiger partial charge in [-0.05, 0) is 43.7 Å². The highest BCUT2D eigenvalue weighted by atomic mass is 19.1. The molecule has 0 unspecified atom stereocenters. The largest absolute Gasteiger partial charge is 0.426 e. The van der Waals surface area contributed by atoms with E-state index in [1.54, 1.807) is 6.07 Å². The molecule has 4 heteroatoms. The van der Waals surface area contributed by atoms with Crippen LogP contribution in [0.3, 0.4) is 0 Å². The van der Waals surface area contributed by atoms with Crippen LogP contribution >= 0.6 is 0 Å². The van der Waals surface area contributed by atoms with Crippen molar-refractivity contribution in [2.24, 2.45) is 11.8 Å². The second kappa shape index (κ2) is 8.67. The minimum absolute atomic E-state index is 0.0441. The van der Waals surface area contributed by atoms with Gasteiger partial charge in [-0.2, -0.15) is 5.26 Å². The second-order valence-corrected chi connectivity index (χ2v) is 6.39. The van der Waals surface area contributed by atoms with E-state index in [2.05, 4.69) is 6.92 Å². The summed E-state index contributed by atoms with van der Waals surface area (Å²) in [4.78, 5) is 12.2. The maximum atomic E-state index is 13.5. The Kier molecular flexibility index (Phi) is 6.58. The number of carbonyl (C=O) groups excluding carboxylic acids is 1. The summed E-state index contributed by atoms with van der Waals surface area (Å²) in [6.45, 7) is 2.21. The molecule has 1 aromatic rings. The van der Waals surface area contributed by atoms with Crippen LogP contribution in [0, 0.1) is 29.0 Å². The monoisotopic (exact) mass is 317 g/mol. The number of hydrogen-bond acceptors (Lipinski definition) is 3. The van der Waals surface area contributed by atoms with Crippen molar-refractivity contribution in [1.29, 1.82) is 5.26 Å². The molecule has 1 aromatic carbocycles. The Morgan fingerprint density at radius 1 is 1.30 bits per heavy atom. The molecule has 2 rings (SSSR count). The van der Waals surface area contributed by atoms with Crippen molar-refractivity contribution in [1.82, 2.24) is 0 Å². The summed E-state index contributed by atoms with van der Waals surface area (Å²) in [6.07, 6.45) is 8.92. The molecule has 0 aliphatic heterocycles. The van der Waals surface area contributed by atoms with Gasteiger partial charge in [-0.1, -0.05) is 32.6 Å². The van der Waals surface area contributed by atoms with Crippen LogP contribution in [0.4, 0.5) is 4.39 Å². The zero-order valence-electron chi connectivity index (χ0n) is 13.7. The standard InChI is InChI=1S/C19H24FNO2/c1-2-3-4-5-14-6-8-15(9-7-14)19(22)23-17-11-10-16(13-21)18(20)12-17/h10-12,14-15H,2-9H2,1H3. The van der Waals surface area contributed by atoms with Gasteiger partial charge in [0, 0.05) is 6.07 Å². The van der Waals surface area contributed by atoms with E-state index in [9.17, 15) is 9.18 Å². The predicted molar refractivity (Wildman–Crippen MR) is 86.3 cm³/mol. The fourth-order valence-corrected chi connectivity index (χ4v) is 3.22. The Hall–Kier alpha value is -1.89. The minimum Gasteiger partial charge on any atom is -0.426 e. The van der Waals surface area contributed by atoms with Gasteiger partial charge < -0.3 is 4.74 Å². The van der Waals surface area contributed by atoms with Gasteiger partial charge in [0.15, 0.2) is 0 Å². The third-order valence-corrected chi connectivity index (χ3v) is 4.68. The van der Waals surface area contributed by atoms with Crippen LogP contribution in [-0.4, -0.2) is 5.97 Å². The lowest BCUT2D eigenvalue weighted by Gasteiger charge is -2.27. The number of unbranched alkanes of at least 4 members (excludes halogenated alkanes) is 2. The van der Waals surface area contributed by atoms with E-state index in [0.29, 0.717) is 0 Å². The Labute approximate surface area is 137 Å². The Bertz CT molecular complexity index is 571. The number of halogens is 1. The highest BCUT2D eigenvalue weighted by Crippen LogP contribution is 2.33. The fourth-order valence-electron chi connectivity index (χ4n) is 3.22. The highest BCUT2D eigenvalue weighted by molar-refractivity contribution is 5.75. The summed E-state index contributed by atoms with van der Waals surface area (Å²) in [6, 6.07) is 5.66. The van der Waals surface area contributed by atoms with Gasteiger partial charge in [-0.15, -0.1) is 0 Å². The van der Waals surface area contributed by atoms with Crippen molar-refractivity contribution >= 4 is 5.97 Å². The summed E-state index contributed by atoms with van der Waals surface area (Å²) in [5.41, 5.74) is -0.0441. The molecule has 1 fully saturated rings. The van der Waals surface area contributed by atoms with Gasteiger partial charge in [0.1, 0.15) is 17.6 Å². The van der Waals surface area contributed by atoms with Crippen LogP contribution in [0.15, 0.2) is 18.2 Å². The Balaban J connectivity index is 1.81. The molecule has 23 heavy (non-hydrogen) atoms. The molecule has 0 atom stereocenters. The number of nitriles is 1. The first-order valence-corrected chi connectivity index (χ1v) is 8.55. The molecule has 3 nitrogen and oxygen atoms in total. The van der Waals surface area contributed by atoms with Crippen LogP contribution < -0.4 is 4.74 Å². The lowest BCUT2D eigenvalue weighted by molar-refractivity contribution is -0.140. The van der Waals surface area contributed by atoms with Crippen molar-refractivity contribution in [3.05, 3.63) is 29.6 Å². The molecule has 1 saturated carbocycles. The topological polar surface area (TPSA) is 50.1 Å². The zero-order valence-corrected chi connectivity index (χ0v) is 13.7. The molecule has 0 saturated heterocycles. The van der Waals surface area contributed by atoms with E-state index in [0.717, 1.165) is 37.7 Å². The quantitative estimate of drug-likeness (QED) is 0.422. The van der Waals surface area contributed by atoms with Crippen LogP contribution in [0.25, 0.3) is 0 Å². The average Bonchev–Trinajstić information content (AvgIpc) is 2.56. The number of carbonyl (C=O) groups is 1. The molecule has 0 aromatic heterocycles. The van der Waals surface area contributed by atoms with Gasteiger partial charge >= 0.3 is 5.97 Å². The summed E-state index contributed by atoms with van der Waals surface area (Å²) in [7, 11) is 0. The molecular weight excluding hydrogens is 293 g/mol. The maximum Gasteiger partial charge on any atom is 0.314 e. The Morgan fingerprint density at radius 2 is 2.04 bits per heavy atom. The van der Waals surface area contributed by atoms with Crippen molar-refractivity contribution in [2.45, 2.75) is 58.3 Å². The fraction of sp³-hybridized carbons (Fsp3) is 0.579. The van der Waals surface area contributed by atoms with Gasteiger partial charge in [-0.3, -0.25) is 4.79 Å². The van der Waals surface area contributed by atoms with Crippen molar-refractivity contribution in [3.63, 3.8) is 0 Å². The first kappa shape index (κ1) is 17.5. The Morgan fingerprint density at radius 3 is 2.65 bits per heavy atom. The molecule has 0 amide bonds. The predicted octanol–water partition coefficient (Wildman–Crippen LogP) is 4.99. The van der Waals surface area contributed by atoms with Gasteiger partial charge in [0.25, 0.3) is 0 Å². The summed E-state index contributed by atoms with van der Waals surface area (Å²) in [5, 5.41) is 8.70. The lowest BCUT2D eigenvalue weighted by atomic mass is 9.80. The van der Waals surface area contributed by atoms with Gasteiger partial charge in [-0.25, -0.2) is 4.39 Å². The van der Waals surface area contributed by atoms with Crippen LogP contribution in [0.5, 0.6) is 5.75 Å². The van der Waals surface area contributed by atoms with E-state index in [4.69, 9.17) is 10.00 Å². The molecule has 0 heterocycles. The van der Waals surface area contributed by atoms with E-state index in [-0.39, 0.29) is 23.2 Å².